The van der Waals surface area contributed by atoms with Crippen molar-refractivity contribution in [3.63, 3.8) is 0 Å². The van der Waals surface area contributed by atoms with Crippen molar-refractivity contribution >= 4 is 11.6 Å². The maximum Gasteiger partial charge on any atom is 0.230 e. The van der Waals surface area contributed by atoms with Crippen LogP contribution in [0.15, 0.2) is 30.5 Å². The van der Waals surface area contributed by atoms with Gasteiger partial charge in [-0.15, -0.1) is 0 Å². The van der Waals surface area contributed by atoms with Crippen molar-refractivity contribution in [2.24, 2.45) is 5.41 Å². The second-order valence-corrected chi connectivity index (χ2v) is 10.5. The zero-order valence-electron chi connectivity index (χ0n) is 19.7. The van der Waals surface area contributed by atoms with Gasteiger partial charge < -0.3 is 20.6 Å². The molecule has 0 atom stereocenters. The number of nitrogens with one attached hydrogen (secondary N) is 1. The number of pyridine rings is 1. The van der Waals surface area contributed by atoms with Crippen LogP contribution in [-0.4, -0.2) is 26.2 Å². The molecule has 170 valence electrons. The molecule has 0 bridgehead atoms. The molecule has 0 spiro atoms. The summed E-state index contributed by atoms with van der Waals surface area (Å²) in [6.07, 6.45) is 2.48. The molecule has 1 aromatic heterocycles. The molecule has 2 aromatic rings. The second-order valence-electron chi connectivity index (χ2n) is 10.5. The maximum atomic E-state index is 13.1. The number of aromatic hydroxyl groups is 1. The summed E-state index contributed by atoms with van der Waals surface area (Å²) < 4.78 is 0. The zero-order valence-corrected chi connectivity index (χ0v) is 19.7. The molecule has 31 heavy (non-hydrogen) atoms. The van der Waals surface area contributed by atoms with Crippen LogP contribution >= 0.6 is 0 Å². The number of carbonyl (C=O) groups excluding carboxylic acids is 1. The zero-order chi connectivity index (χ0) is 23.6. The van der Waals surface area contributed by atoms with Crippen molar-refractivity contribution in [2.75, 3.05) is 5.32 Å². The molecule has 0 radical (unpaired) electrons. The lowest BCUT2D eigenvalue weighted by Gasteiger charge is -2.34. The molecule has 0 aliphatic heterocycles. The number of rotatable bonds is 7. The van der Waals surface area contributed by atoms with Gasteiger partial charge in [0, 0.05) is 39.5 Å². The fourth-order valence-electron chi connectivity index (χ4n) is 3.90. The number of hydrogen-bond acceptors (Lipinski definition) is 5. The van der Waals surface area contributed by atoms with E-state index in [-0.39, 0.29) is 33.6 Å². The third-order valence-corrected chi connectivity index (χ3v) is 5.68. The van der Waals surface area contributed by atoms with Gasteiger partial charge in [-0.3, -0.25) is 9.78 Å². The Morgan fingerprint density at radius 2 is 1.52 bits per heavy atom. The van der Waals surface area contributed by atoms with E-state index in [4.69, 9.17) is 0 Å². The molecule has 6 heteroatoms. The normalized spacial score (nSPS) is 12.7. The number of phenols is 1. The summed E-state index contributed by atoms with van der Waals surface area (Å²) in [6.45, 7) is 13.6. The van der Waals surface area contributed by atoms with Crippen molar-refractivity contribution in [3.8, 4) is 5.75 Å². The minimum atomic E-state index is -0.706. The Labute approximate surface area is 185 Å². The predicted molar refractivity (Wildman–Crippen MR) is 123 cm³/mol. The van der Waals surface area contributed by atoms with E-state index in [9.17, 15) is 20.1 Å². The molecular formula is C25H36N2O4. The largest absolute Gasteiger partial charge is 0.507 e. The number of amides is 1. The number of aliphatic hydroxyl groups is 2. The van der Waals surface area contributed by atoms with Gasteiger partial charge in [0.15, 0.2) is 0 Å². The van der Waals surface area contributed by atoms with Gasteiger partial charge in [-0.1, -0.05) is 54.5 Å². The van der Waals surface area contributed by atoms with Crippen LogP contribution in [0.2, 0.25) is 0 Å². The molecule has 6 nitrogen and oxygen atoms in total. The van der Waals surface area contributed by atoms with E-state index >= 15 is 0 Å². The molecule has 2 rings (SSSR count). The van der Waals surface area contributed by atoms with Gasteiger partial charge >= 0.3 is 0 Å². The van der Waals surface area contributed by atoms with Crippen molar-refractivity contribution in [1.29, 1.82) is 0 Å². The van der Waals surface area contributed by atoms with E-state index in [2.05, 4.69) is 51.0 Å². The molecule has 1 aromatic carbocycles. The minimum absolute atomic E-state index is 0.0210. The van der Waals surface area contributed by atoms with E-state index in [1.807, 2.05) is 26.1 Å². The molecule has 1 heterocycles. The van der Waals surface area contributed by atoms with Crippen molar-refractivity contribution in [2.45, 2.75) is 78.9 Å². The monoisotopic (exact) mass is 428 g/mol. The fourth-order valence-corrected chi connectivity index (χ4v) is 3.90. The van der Waals surface area contributed by atoms with E-state index in [0.29, 0.717) is 12.1 Å². The first-order valence-electron chi connectivity index (χ1n) is 10.6. The molecule has 4 N–H and O–H groups in total. The number of aromatic nitrogens is 1. The van der Waals surface area contributed by atoms with Crippen LogP contribution in [-0.2, 0) is 28.8 Å². The molecule has 1 amide bonds. The third kappa shape index (κ3) is 5.83. The summed E-state index contributed by atoms with van der Waals surface area (Å²) in [7, 11) is 0. The summed E-state index contributed by atoms with van der Waals surface area (Å²) >= 11 is 0. The summed E-state index contributed by atoms with van der Waals surface area (Å²) in [5, 5.41) is 31.8. The number of aliphatic hydroxyl groups excluding tert-OH is 2. The average molecular weight is 429 g/mol. The lowest BCUT2D eigenvalue weighted by molar-refractivity contribution is -0.124. The quantitative estimate of drug-likeness (QED) is 0.490. The van der Waals surface area contributed by atoms with Crippen molar-refractivity contribution in [3.05, 3.63) is 52.8 Å². The Hall–Kier alpha value is -2.44. The van der Waals surface area contributed by atoms with Crippen LogP contribution in [0.5, 0.6) is 5.75 Å². The molecule has 0 fully saturated rings. The predicted octanol–water partition coefficient (Wildman–Crippen LogP) is 4.40. The molecular weight excluding hydrogens is 392 g/mol. The summed E-state index contributed by atoms with van der Waals surface area (Å²) in [5.74, 6) is -0.340. The Bertz CT molecular complexity index is 901. The van der Waals surface area contributed by atoms with Crippen LogP contribution in [0.1, 0.15) is 77.3 Å². The van der Waals surface area contributed by atoms with Gasteiger partial charge in [-0.2, -0.15) is 0 Å². The minimum Gasteiger partial charge on any atom is -0.507 e. The first-order valence-corrected chi connectivity index (χ1v) is 10.6. The Morgan fingerprint density at radius 1 is 0.968 bits per heavy atom. The van der Waals surface area contributed by atoms with E-state index < -0.39 is 18.6 Å². The van der Waals surface area contributed by atoms with E-state index in [1.54, 1.807) is 0 Å². The van der Waals surface area contributed by atoms with E-state index in [0.717, 1.165) is 11.3 Å². The van der Waals surface area contributed by atoms with Crippen molar-refractivity contribution < 1.29 is 20.1 Å². The van der Waals surface area contributed by atoms with Gasteiger partial charge in [0.1, 0.15) is 5.75 Å². The van der Waals surface area contributed by atoms with Crippen LogP contribution in [0.4, 0.5) is 5.69 Å². The number of benzene rings is 1. The van der Waals surface area contributed by atoms with Gasteiger partial charge in [0.25, 0.3) is 0 Å². The SMILES string of the molecule is CC(C)(CC(C)(C)c1ccc(C(C)(C)C)nc1)C(=O)Nc1cc(CO)c(O)c(CO)c1. The van der Waals surface area contributed by atoms with Gasteiger partial charge in [-0.05, 0) is 35.6 Å². The Balaban J connectivity index is 2.22. The smallest absolute Gasteiger partial charge is 0.230 e. The first-order chi connectivity index (χ1) is 14.2. The highest BCUT2D eigenvalue weighted by molar-refractivity contribution is 5.95. The Morgan fingerprint density at radius 3 is 1.94 bits per heavy atom. The van der Waals surface area contributed by atoms with Crippen molar-refractivity contribution in [1.82, 2.24) is 4.98 Å². The number of carbonyl (C=O) groups is 1. The first kappa shape index (κ1) is 24.8. The lowest BCUT2D eigenvalue weighted by atomic mass is 9.71. The molecule has 0 aliphatic rings. The highest BCUT2D eigenvalue weighted by Crippen LogP contribution is 2.38. The number of nitrogens with zero attached hydrogens (tertiary/aromatic N) is 1. The molecule has 0 unspecified atom stereocenters. The second kappa shape index (κ2) is 8.97. The summed E-state index contributed by atoms with van der Waals surface area (Å²) in [4.78, 5) is 17.7. The number of anilines is 1. The fraction of sp³-hybridized carbons (Fsp3) is 0.520. The van der Waals surface area contributed by atoms with Gasteiger partial charge in [0.05, 0.1) is 13.2 Å². The standard InChI is InChI=1S/C25H36N2O4/c1-23(2,3)20-9-8-18(12-26-20)24(4,5)15-25(6,7)22(31)27-19-10-16(13-28)21(30)17(11-19)14-29/h8-12,28-30H,13-15H2,1-7H3,(H,27,31). The van der Waals surface area contributed by atoms with E-state index in [1.165, 1.54) is 12.1 Å². The van der Waals surface area contributed by atoms with Gasteiger partial charge in [-0.25, -0.2) is 0 Å². The molecule has 0 saturated heterocycles. The van der Waals surface area contributed by atoms with Gasteiger partial charge in [0.2, 0.25) is 5.91 Å². The average Bonchev–Trinajstić information content (AvgIpc) is 2.67. The van der Waals surface area contributed by atoms with Crippen LogP contribution in [0.3, 0.4) is 0 Å². The highest BCUT2D eigenvalue weighted by atomic mass is 16.3. The van der Waals surface area contributed by atoms with Crippen LogP contribution in [0, 0.1) is 5.41 Å². The highest BCUT2D eigenvalue weighted by Gasteiger charge is 2.36. The summed E-state index contributed by atoms with van der Waals surface area (Å²) in [6, 6.07) is 7.17. The number of hydrogen-bond donors (Lipinski definition) is 4. The summed E-state index contributed by atoms with van der Waals surface area (Å²) in [5.41, 5.74) is 2.02. The lowest BCUT2D eigenvalue weighted by Crippen LogP contribution is -2.37. The van der Waals surface area contributed by atoms with Crippen LogP contribution < -0.4 is 5.32 Å². The molecule has 0 saturated carbocycles. The van der Waals surface area contributed by atoms with Crippen LogP contribution in [0.25, 0.3) is 0 Å². The molecule has 0 aliphatic carbocycles. The topological polar surface area (TPSA) is 103 Å². The third-order valence-electron chi connectivity index (χ3n) is 5.68. The maximum absolute atomic E-state index is 13.1. The Kier molecular flexibility index (Phi) is 7.18.